The molecule has 0 unspecified atom stereocenters. The lowest BCUT2D eigenvalue weighted by Gasteiger charge is -2.40. The van der Waals surface area contributed by atoms with E-state index in [1.807, 2.05) is 6.07 Å². The Morgan fingerprint density at radius 3 is 2.67 bits per heavy atom. The number of hydrogen-bond acceptors (Lipinski definition) is 5. The van der Waals surface area contributed by atoms with Gasteiger partial charge in [0.1, 0.15) is 0 Å². The molecular weight excluding hydrogens is 424 g/mol. The van der Waals surface area contributed by atoms with Gasteiger partial charge in [0.25, 0.3) is 5.69 Å². The van der Waals surface area contributed by atoms with Crippen molar-refractivity contribution in [2.75, 3.05) is 5.32 Å². The molecule has 6 nitrogen and oxygen atoms in total. The molecule has 0 spiro atoms. The minimum atomic E-state index is -0.963. The van der Waals surface area contributed by atoms with Crippen LogP contribution in [0.1, 0.15) is 42.1 Å². The predicted octanol–water partition coefficient (Wildman–Crippen LogP) is 5.61. The number of alkyl halides is 1. The van der Waals surface area contributed by atoms with Crippen LogP contribution in [0.15, 0.2) is 47.4 Å². The average Bonchev–Trinajstić information content (AvgIpc) is 3.03. The second-order valence-corrected chi connectivity index (χ2v) is 10.0. The molecule has 1 saturated carbocycles. The number of hydrogen-bond donors (Lipinski definition) is 2. The van der Waals surface area contributed by atoms with Gasteiger partial charge in [0.05, 0.1) is 26.4 Å². The summed E-state index contributed by atoms with van der Waals surface area (Å²) in [5, 5.41) is 24.3. The maximum atomic E-state index is 11.8. The SMILES string of the molecule is CC(C)[C@@H]1Nc2c(C(=O)O)cccc2[C@@H]2[C@H](Cl)[C@H](Sc3ccccc3[N+](=O)[O-])C[C@H]21. The molecule has 2 N–H and O–H groups in total. The third kappa shape index (κ3) is 3.54. The molecule has 0 bridgehead atoms. The van der Waals surface area contributed by atoms with E-state index >= 15 is 0 Å². The van der Waals surface area contributed by atoms with Crippen molar-refractivity contribution in [3.63, 3.8) is 0 Å². The quantitative estimate of drug-likeness (QED) is 0.352. The Morgan fingerprint density at radius 1 is 1.27 bits per heavy atom. The first kappa shape index (κ1) is 21.0. The van der Waals surface area contributed by atoms with Gasteiger partial charge >= 0.3 is 5.97 Å². The number of nitrogens with zero attached hydrogens (tertiary/aromatic N) is 1. The summed E-state index contributed by atoms with van der Waals surface area (Å²) in [5.41, 5.74) is 1.94. The van der Waals surface area contributed by atoms with E-state index in [2.05, 4.69) is 19.2 Å². The van der Waals surface area contributed by atoms with Crippen molar-refractivity contribution in [3.8, 4) is 0 Å². The normalized spacial score (nSPS) is 27.3. The lowest BCUT2D eigenvalue weighted by Crippen LogP contribution is -2.41. The number of nitro groups is 1. The molecule has 158 valence electrons. The number of benzene rings is 2. The number of rotatable bonds is 5. The van der Waals surface area contributed by atoms with E-state index in [0.717, 1.165) is 12.0 Å². The van der Waals surface area contributed by atoms with Gasteiger partial charge in [0.2, 0.25) is 0 Å². The molecule has 1 fully saturated rings. The third-order valence-electron chi connectivity index (χ3n) is 6.18. The summed E-state index contributed by atoms with van der Waals surface area (Å²) in [6, 6.07) is 12.2. The van der Waals surface area contributed by atoms with Gasteiger partial charge in [-0.15, -0.1) is 23.4 Å². The number of carboxylic acids is 1. The first-order valence-corrected chi connectivity index (χ1v) is 11.3. The highest BCUT2D eigenvalue weighted by molar-refractivity contribution is 8.00. The monoisotopic (exact) mass is 446 g/mol. The fourth-order valence-corrected chi connectivity index (χ4v) is 6.83. The van der Waals surface area contributed by atoms with E-state index in [-0.39, 0.29) is 50.6 Å². The van der Waals surface area contributed by atoms with E-state index in [0.29, 0.717) is 10.6 Å². The highest BCUT2D eigenvalue weighted by Gasteiger charge is 2.51. The Bertz CT molecular complexity index is 999. The van der Waals surface area contributed by atoms with Gasteiger partial charge in [-0.25, -0.2) is 4.79 Å². The molecule has 1 aliphatic heterocycles. The molecule has 8 heteroatoms. The van der Waals surface area contributed by atoms with Crippen LogP contribution in [0, 0.1) is 22.0 Å². The zero-order valence-electron chi connectivity index (χ0n) is 16.6. The molecule has 0 aromatic heterocycles. The van der Waals surface area contributed by atoms with Crippen molar-refractivity contribution in [3.05, 3.63) is 63.7 Å². The zero-order chi connectivity index (χ0) is 21.6. The Hall–Kier alpha value is -2.25. The molecule has 2 aliphatic rings. The van der Waals surface area contributed by atoms with E-state index in [1.54, 1.807) is 30.3 Å². The Balaban J connectivity index is 1.72. The number of thioether (sulfide) groups is 1. The summed E-state index contributed by atoms with van der Waals surface area (Å²) in [7, 11) is 0. The molecule has 5 atom stereocenters. The maximum absolute atomic E-state index is 11.8. The number of nitro benzene ring substituents is 1. The van der Waals surface area contributed by atoms with Crippen LogP contribution in [-0.2, 0) is 0 Å². The number of aromatic carboxylic acids is 1. The number of carboxylic acid groups (broad SMARTS) is 1. The molecule has 0 amide bonds. The van der Waals surface area contributed by atoms with Gasteiger partial charge in [0, 0.05) is 23.3 Å². The third-order valence-corrected chi connectivity index (χ3v) is 8.29. The molecule has 0 radical (unpaired) electrons. The van der Waals surface area contributed by atoms with Crippen molar-refractivity contribution in [1.29, 1.82) is 0 Å². The summed E-state index contributed by atoms with van der Waals surface area (Å²) < 4.78 is 0. The predicted molar refractivity (Wildman–Crippen MR) is 119 cm³/mol. The number of para-hydroxylation sites is 2. The summed E-state index contributed by atoms with van der Waals surface area (Å²) >= 11 is 8.46. The van der Waals surface area contributed by atoms with Gasteiger partial charge < -0.3 is 10.4 Å². The topological polar surface area (TPSA) is 92.5 Å². The first-order chi connectivity index (χ1) is 14.3. The Morgan fingerprint density at radius 2 is 2.00 bits per heavy atom. The number of nitrogens with one attached hydrogen (secondary N) is 1. The lowest BCUT2D eigenvalue weighted by atomic mass is 9.75. The van der Waals surface area contributed by atoms with Crippen LogP contribution < -0.4 is 5.32 Å². The standard InChI is InChI=1S/C22H23ClN2O4S/c1-11(2)20-14-10-17(30-16-9-4-3-8-15(16)25(28)29)19(23)18(14)12-6-5-7-13(22(26)27)21(12)24-20/h3-9,11,14,17-20,24H,10H2,1-2H3,(H,26,27)/t14-,17-,18+,19-,20+/m1/s1. The summed E-state index contributed by atoms with van der Waals surface area (Å²) in [4.78, 5) is 23.5. The van der Waals surface area contributed by atoms with Crippen LogP contribution in [-0.4, -0.2) is 32.7 Å². The van der Waals surface area contributed by atoms with Crippen molar-refractivity contribution in [1.82, 2.24) is 0 Å². The molecule has 0 saturated heterocycles. The largest absolute Gasteiger partial charge is 0.478 e. The second kappa shape index (κ2) is 8.12. The van der Waals surface area contributed by atoms with Crippen LogP contribution in [0.3, 0.4) is 0 Å². The van der Waals surface area contributed by atoms with Crippen molar-refractivity contribution < 1.29 is 14.8 Å². The van der Waals surface area contributed by atoms with E-state index < -0.39 is 5.97 Å². The van der Waals surface area contributed by atoms with Crippen molar-refractivity contribution in [2.24, 2.45) is 11.8 Å². The summed E-state index contributed by atoms with van der Waals surface area (Å²) in [6.45, 7) is 4.24. The van der Waals surface area contributed by atoms with Gasteiger partial charge in [-0.05, 0) is 36.0 Å². The number of anilines is 1. The molecular formula is C22H23ClN2O4S. The van der Waals surface area contributed by atoms with E-state index in [4.69, 9.17) is 11.6 Å². The number of carbonyl (C=O) groups is 1. The van der Waals surface area contributed by atoms with Crippen LogP contribution in [0.25, 0.3) is 0 Å². The van der Waals surface area contributed by atoms with E-state index in [1.165, 1.54) is 17.8 Å². The average molecular weight is 447 g/mol. The van der Waals surface area contributed by atoms with Gasteiger partial charge in [0.15, 0.2) is 0 Å². The van der Waals surface area contributed by atoms with Crippen LogP contribution in [0.5, 0.6) is 0 Å². The van der Waals surface area contributed by atoms with Gasteiger partial charge in [-0.3, -0.25) is 10.1 Å². The van der Waals surface area contributed by atoms with E-state index in [9.17, 15) is 20.0 Å². The minimum absolute atomic E-state index is 0.00474. The Labute approximate surface area is 184 Å². The van der Waals surface area contributed by atoms with Crippen LogP contribution in [0.4, 0.5) is 11.4 Å². The fourth-order valence-electron chi connectivity index (χ4n) is 4.89. The van der Waals surface area contributed by atoms with Crippen molar-refractivity contribution in [2.45, 2.75) is 47.8 Å². The van der Waals surface area contributed by atoms with Crippen LogP contribution in [0.2, 0.25) is 0 Å². The first-order valence-electron chi connectivity index (χ1n) is 9.96. The maximum Gasteiger partial charge on any atom is 0.337 e. The Kier molecular flexibility index (Phi) is 5.68. The number of halogens is 1. The second-order valence-electron chi connectivity index (χ2n) is 8.24. The fraction of sp³-hybridized carbons (Fsp3) is 0.409. The van der Waals surface area contributed by atoms with Gasteiger partial charge in [-0.1, -0.05) is 38.1 Å². The molecule has 1 aliphatic carbocycles. The van der Waals surface area contributed by atoms with Crippen molar-refractivity contribution >= 4 is 40.7 Å². The molecule has 30 heavy (non-hydrogen) atoms. The number of fused-ring (bicyclic) bond motifs is 3. The lowest BCUT2D eigenvalue weighted by molar-refractivity contribution is -0.387. The molecule has 2 aromatic rings. The van der Waals surface area contributed by atoms with Crippen LogP contribution >= 0.6 is 23.4 Å². The minimum Gasteiger partial charge on any atom is -0.478 e. The molecule has 1 heterocycles. The zero-order valence-corrected chi connectivity index (χ0v) is 18.2. The van der Waals surface area contributed by atoms with Gasteiger partial charge in [-0.2, -0.15) is 0 Å². The summed E-state index contributed by atoms with van der Waals surface area (Å²) in [5.74, 6) is -0.458. The smallest absolute Gasteiger partial charge is 0.337 e. The highest BCUT2D eigenvalue weighted by atomic mass is 35.5. The highest BCUT2D eigenvalue weighted by Crippen LogP contribution is 2.56. The molecule has 2 aromatic carbocycles. The molecule has 4 rings (SSSR count). The summed E-state index contributed by atoms with van der Waals surface area (Å²) in [6.07, 6.45) is 0.808.